The van der Waals surface area contributed by atoms with E-state index in [0.717, 1.165) is 5.56 Å². The third-order valence-electron chi connectivity index (χ3n) is 4.79. The van der Waals surface area contributed by atoms with Crippen LogP contribution in [0.1, 0.15) is 18.4 Å². The van der Waals surface area contributed by atoms with Gasteiger partial charge in [0, 0.05) is 12.8 Å². The van der Waals surface area contributed by atoms with E-state index in [9.17, 15) is 14.0 Å². The van der Waals surface area contributed by atoms with E-state index in [-0.39, 0.29) is 30.4 Å². The van der Waals surface area contributed by atoms with Crippen molar-refractivity contribution in [1.29, 1.82) is 0 Å². The molecule has 2 aliphatic heterocycles. The van der Waals surface area contributed by atoms with Gasteiger partial charge >= 0.3 is 12.2 Å². The lowest BCUT2D eigenvalue weighted by Gasteiger charge is -2.46. The highest BCUT2D eigenvalue weighted by Gasteiger charge is 2.52. The Morgan fingerprint density at radius 1 is 1.36 bits per heavy atom. The minimum absolute atomic E-state index is 0.153. The summed E-state index contributed by atoms with van der Waals surface area (Å²) >= 11 is 0. The summed E-state index contributed by atoms with van der Waals surface area (Å²) < 4.78 is 29.6. The topological polar surface area (TPSA) is 77.1 Å². The Morgan fingerprint density at radius 3 is 2.76 bits per heavy atom. The Hall–Kier alpha value is -2.51. The quantitative estimate of drug-likeness (QED) is 0.902. The number of alkyl carbamates (subject to hydrolysis) is 1. The molecule has 25 heavy (non-hydrogen) atoms. The van der Waals surface area contributed by atoms with Gasteiger partial charge in [-0.05, 0) is 24.6 Å². The van der Waals surface area contributed by atoms with Crippen molar-refractivity contribution < 1.29 is 28.2 Å². The van der Waals surface area contributed by atoms with Gasteiger partial charge in [-0.1, -0.05) is 6.07 Å². The van der Waals surface area contributed by atoms with Gasteiger partial charge in [0.05, 0.1) is 13.1 Å². The van der Waals surface area contributed by atoms with Crippen LogP contribution in [0.3, 0.4) is 0 Å². The summed E-state index contributed by atoms with van der Waals surface area (Å²) in [6.07, 6.45) is -0.153. The second-order valence-electron chi connectivity index (χ2n) is 6.99. The molecule has 4 rings (SSSR count). The standard InChI is InChI=1S/C17H19FN2O5/c1-10-2-3-14(13(18)4-10)24-11-5-12(6-11)25-16(22)20-7-17(8-20)9-23-15(21)19-17/h2-4,11-12H,5-9H2,1H3,(H,19,21)/t11-,12+. The molecule has 0 aromatic heterocycles. The third kappa shape index (κ3) is 3.08. The fourth-order valence-electron chi connectivity index (χ4n) is 3.28. The zero-order valence-corrected chi connectivity index (χ0v) is 13.8. The van der Waals surface area contributed by atoms with Gasteiger partial charge in [0.2, 0.25) is 0 Å². The summed E-state index contributed by atoms with van der Waals surface area (Å²) in [5, 5.41) is 2.71. The second kappa shape index (κ2) is 5.79. The average molecular weight is 350 g/mol. The number of aryl methyl sites for hydroxylation is 1. The fourth-order valence-corrected chi connectivity index (χ4v) is 3.28. The lowest BCUT2D eigenvalue weighted by atomic mass is 9.91. The van der Waals surface area contributed by atoms with Gasteiger partial charge in [0.15, 0.2) is 11.6 Å². The first-order valence-corrected chi connectivity index (χ1v) is 8.26. The van der Waals surface area contributed by atoms with Crippen molar-refractivity contribution >= 4 is 12.2 Å². The maximum Gasteiger partial charge on any atom is 0.410 e. The van der Waals surface area contributed by atoms with Crippen LogP contribution in [-0.2, 0) is 9.47 Å². The minimum Gasteiger partial charge on any atom is -0.487 e. The number of amides is 2. The molecule has 1 spiro atoms. The van der Waals surface area contributed by atoms with Gasteiger partial charge in [0.1, 0.15) is 24.4 Å². The average Bonchev–Trinajstić information content (AvgIpc) is 2.88. The molecule has 3 aliphatic rings. The molecule has 1 aromatic rings. The third-order valence-corrected chi connectivity index (χ3v) is 4.79. The molecule has 2 amide bonds. The highest BCUT2D eigenvalue weighted by Crippen LogP contribution is 2.32. The first-order valence-electron chi connectivity index (χ1n) is 8.26. The van der Waals surface area contributed by atoms with Gasteiger partial charge < -0.3 is 24.4 Å². The van der Waals surface area contributed by atoms with Crippen LogP contribution in [-0.4, -0.2) is 54.5 Å². The van der Waals surface area contributed by atoms with E-state index >= 15 is 0 Å². The van der Waals surface area contributed by atoms with E-state index in [1.54, 1.807) is 12.1 Å². The number of ether oxygens (including phenoxy) is 3. The highest BCUT2D eigenvalue weighted by molar-refractivity contribution is 5.74. The van der Waals surface area contributed by atoms with Gasteiger partial charge in [0.25, 0.3) is 0 Å². The maximum absolute atomic E-state index is 13.8. The number of likely N-dealkylation sites (tertiary alicyclic amines) is 1. The molecule has 1 aromatic carbocycles. The molecular weight excluding hydrogens is 331 g/mol. The summed E-state index contributed by atoms with van der Waals surface area (Å²) in [6.45, 7) is 2.86. The fraction of sp³-hybridized carbons (Fsp3) is 0.529. The predicted octanol–water partition coefficient (Wildman–Crippen LogP) is 1.97. The molecule has 7 nitrogen and oxygen atoms in total. The van der Waals surface area contributed by atoms with Crippen LogP contribution in [0.2, 0.25) is 0 Å². The van der Waals surface area contributed by atoms with Crippen LogP contribution in [0.15, 0.2) is 18.2 Å². The number of benzene rings is 1. The first-order chi connectivity index (χ1) is 11.9. The van der Waals surface area contributed by atoms with Gasteiger partial charge in [-0.2, -0.15) is 0 Å². The van der Waals surface area contributed by atoms with Crippen molar-refractivity contribution in [3.63, 3.8) is 0 Å². The SMILES string of the molecule is Cc1ccc(O[C@H]2C[C@@H](OC(=O)N3CC4(COC(=O)N4)C3)C2)c(F)c1. The van der Waals surface area contributed by atoms with Crippen LogP contribution in [0.25, 0.3) is 0 Å². The van der Waals surface area contributed by atoms with E-state index in [0.29, 0.717) is 25.9 Å². The number of nitrogens with one attached hydrogen (secondary N) is 1. The molecule has 2 heterocycles. The van der Waals surface area contributed by atoms with Crippen molar-refractivity contribution in [2.24, 2.45) is 0 Å². The molecule has 1 N–H and O–H groups in total. The number of hydrogen-bond donors (Lipinski definition) is 1. The number of carbonyl (C=O) groups excluding carboxylic acids is 2. The van der Waals surface area contributed by atoms with Crippen molar-refractivity contribution in [3.8, 4) is 5.75 Å². The van der Waals surface area contributed by atoms with E-state index in [4.69, 9.17) is 14.2 Å². The summed E-state index contributed by atoms with van der Waals surface area (Å²) in [7, 11) is 0. The summed E-state index contributed by atoms with van der Waals surface area (Å²) in [6, 6.07) is 4.83. The molecule has 134 valence electrons. The number of nitrogens with zero attached hydrogens (tertiary/aromatic N) is 1. The van der Waals surface area contributed by atoms with Crippen molar-refractivity contribution in [3.05, 3.63) is 29.6 Å². The molecule has 3 fully saturated rings. The smallest absolute Gasteiger partial charge is 0.410 e. The molecule has 8 heteroatoms. The van der Waals surface area contributed by atoms with Crippen LogP contribution in [0.5, 0.6) is 5.75 Å². The van der Waals surface area contributed by atoms with Gasteiger partial charge in [-0.25, -0.2) is 14.0 Å². The normalized spacial score (nSPS) is 26.3. The Bertz CT molecular complexity index is 713. The molecule has 1 saturated carbocycles. The van der Waals surface area contributed by atoms with Gasteiger partial charge in [-0.3, -0.25) is 0 Å². The lowest BCUT2D eigenvalue weighted by Crippen LogP contribution is -2.70. The summed E-state index contributed by atoms with van der Waals surface area (Å²) in [5.41, 5.74) is 0.381. The molecule has 0 bridgehead atoms. The lowest BCUT2D eigenvalue weighted by molar-refractivity contribution is -0.0508. The second-order valence-corrected chi connectivity index (χ2v) is 6.99. The number of rotatable bonds is 3. The van der Waals surface area contributed by atoms with Crippen LogP contribution < -0.4 is 10.1 Å². The Morgan fingerprint density at radius 2 is 2.12 bits per heavy atom. The van der Waals surface area contributed by atoms with E-state index in [1.807, 2.05) is 6.92 Å². The highest BCUT2D eigenvalue weighted by atomic mass is 19.1. The molecule has 0 unspecified atom stereocenters. The number of cyclic esters (lactones) is 1. The Kier molecular flexibility index (Phi) is 3.70. The first kappa shape index (κ1) is 16.0. The van der Waals surface area contributed by atoms with Gasteiger partial charge in [-0.15, -0.1) is 0 Å². The number of hydrogen-bond acceptors (Lipinski definition) is 5. The van der Waals surface area contributed by atoms with Crippen molar-refractivity contribution in [2.75, 3.05) is 19.7 Å². The maximum atomic E-state index is 13.8. The predicted molar refractivity (Wildman–Crippen MR) is 83.8 cm³/mol. The molecular formula is C17H19FN2O5. The Balaban J connectivity index is 1.20. The number of carbonyl (C=O) groups is 2. The van der Waals surface area contributed by atoms with E-state index < -0.39 is 17.7 Å². The monoisotopic (exact) mass is 350 g/mol. The largest absolute Gasteiger partial charge is 0.487 e. The zero-order chi connectivity index (χ0) is 17.6. The summed E-state index contributed by atoms with van der Waals surface area (Å²) in [5.74, 6) is -0.158. The molecule has 2 saturated heterocycles. The van der Waals surface area contributed by atoms with Crippen LogP contribution >= 0.6 is 0 Å². The minimum atomic E-state index is -0.454. The zero-order valence-electron chi connectivity index (χ0n) is 13.8. The molecule has 1 aliphatic carbocycles. The van der Waals surface area contributed by atoms with E-state index in [2.05, 4.69) is 5.32 Å². The van der Waals surface area contributed by atoms with E-state index in [1.165, 1.54) is 11.0 Å². The van der Waals surface area contributed by atoms with Crippen molar-refractivity contribution in [1.82, 2.24) is 10.2 Å². The van der Waals surface area contributed by atoms with Crippen LogP contribution in [0, 0.1) is 12.7 Å². The number of halogens is 1. The summed E-state index contributed by atoms with van der Waals surface area (Å²) in [4.78, 5) is 24.7. The molecule has 0 atom stereocenters. The van der Waals surface area contributed by atoms with Crippen molar-refractivity contribution in [2.45, 2.75) is 37.5 Å². The molecule has 0 radical (unpaired) electrons. The Labute approximate surface area is 144 Å². The van der Waals surface area contributed by atoms with Crippen LogP contribution in [0.4, 0.5) is 14.0 Å².